The molecule has 0 saturated carbocycles. The lowest BCUT2D eigenvalue weighted by Gasteiger charge is -2.44. The van der Waals surface area contributed by atoms with Crippen molar-refractivity contribution in [1.82, 2.24) is 0 Å². The van der Waals surface area contributed by atoms with Crippen LogP contribution in [0.2, 0.25) is 0 Å². The van der Waals surface area contributed by atoms with E-state index in [1.165, 1.54) is 14.2 Å². The maximum atomic E-state index is 13.7. The Bertz CT molecular complexity index is 1660. The third kappa shape index (κ3) is 7.67. The highest BCUT2D eigenvalue weighted by Gasteiger charge is 2.56. The number of phenolic OH excluding ortho intramolecular Hbond substituents is 1. The van der Waals surface area contributed by atoms with Crippen molar-refractivity contribution in [3.05, 3.63) is 41.0 Å². The van der Waals surface area contributed by atoms with Gasteiger partial charge in [0.05, 0.1) is 39.5 Å². The summed E-state index contributed by atoms with van der Waals surface area (Å²) < 4.78 is 58.7. The monoisotopic (exact) mass is 742 g/mol. The number of esters is 4. The molecular weight excluding hydrogens is 696 g/mol. The molecule has 2 aromatic rings. The van der Waals surface area contributed by atoms with Crippen molar-refractivity contribution in [2.45, 2.75) is 95.9 Å². The SMILES string of the molecule is CCCC(=O)O[C@@H]1[C@@H](O[C@@H]2c3cc4c(cc3[C@@H](c3cc(OC)c(O)c(OC)c3)[C@H]3C(=O)OC[C@@H]32)OCO4)OC[C@@H](OC(=O)CCC)[C@@H]1OC(=O)CCC. The topological polar surface area (TPSA) is 181 Å². The lowest BCUT2D eigenvalue weighted by atomic mass is 9.66. The van der Waals surface area contributed by atoms with E-state index in [1.807, 2.05) is 20.8 Å². The number of hydrogen-bond acceptors (Lipinski definition) is 15. The highest BCUT2D eigenvalue weighted by atomic mass is 16.7. The van der Waals surface area contributed by atoms with E-state index < -0.39 is 72.3 Å². The lowest BCUT2D eigenvalue weighted by Crippen LogP contribution is -2.59. The van der Waals surface area contributed by atoms with Gasteiger partial charge in [0.1, 0.15) is 0 Å². The summed E-state index contributed by atoms with van der Waals surface area (Å²) in [6, 6.07) is 6.84. The van der Waals surface area contributed by atoms with E-state index in [1.54, 1.807) is 24.3 Å². The number of hydrogen-bond donors (Lipinski definition) is 1. The largest absolute Gasteiger partial charge is 0.502 e. The summed E-state index contributed by atoms with van der Waals surface area (Å²) in [6.07, 6.45) is -4.16. The molecule has 2 aromatic carbocycles. The molecule has 288 valence electrons. The molecule has 2 saturated heterocycles. The summed E-state index contributed by atoms with van der Waals surface area (Å²) in [5, 5.41) is 10.7. The van der Waals surface area contributed by atoms with Crippen LogP contribution in [0.15, 0.2) is 24.3 Å². The van der Waals surface area contributed by atoms with Crippen LogP contribution in [0.5, 0.6) is 28.7 Å². The van der Waals surface area contributed by atoms with Gasteiger partial charge in [-0.05, 0) is 60.2 Å². The predicted molar refractivity (Wildman–Crippen MR) is 181 cm³/mol. The fourth-order valence-electron chi connectivity index (χ4n) is 7.41. The average molecular weight is 743 g/mol. The summed E-state index contributed by atoms with van der Waals surface area (Å²) in [7, 11) is 2.83. The first-order valence-corrected chi connectivity index (χ1v) is 18.0. The number of ether oxygens (including phenoxy) is 10. The van der Waals surface area contributed by atoms with E-state index in [4.69, 9.17) is 47.4 Å². The Morgan fingerprint density at radius 1 is 0.755 bits per heavy atom. The maximum Gasteiger partial charge on any atom is 0.310 e. The molecule has 0 radical (unpaired) electrons. The van der Waals surface area contributed by atoms with Crippen molar-refractivity contribution in [3.8, 4) is 28.7 Å². The molecule has 1 N–H and O–H groups in total. The van der Waals surface area contributed by atoms with E-state index in [0.29, 0.717) is 47.5 Å². The average Bonchev–Trinajstić information content (AvgIpc) is 3.76. The molecule has 15 nitrogen and oxygen atoms in total. The van der Waals surface area contributed by atoms with Gasteiger partial charge in [-0.25, -0.2) is 0 Å². The quantitative estimate of drug-likeness (QED) is 0.209. The first-order valence-electron chi connectivity index (χ1n) is 18.0. The van der Waals surface area contributed by atoms with Crippen LogP contribution in [-0.4, -0.2) is 87.8 Å². The number of cyclic esters (lactones) is 1. The number of rotatable bonds is 14. The highest BCUT2D eigenvalue weighted by Crippen LogP contribution is 2.57. The van der Waals surface area contributed by atoms with Crippen molar-refractivity contribution in [1.29, 1.82) is 0 Å². The van der Waals surface area contributed by atoms with E-state index in [2.05, 4.69) is 0 Å². The van der Waals surface area contributed by atoms with Gasteiger partial charge in [0.25, 0.3) is 0 Å². The molecule has 6 rings (SSSR count). The summed E-state index contributed by atoms with van der Waals surface area (Å²) in [6.45, 7) is 5.19. The van der Waals surface area contributed by atoms with E-state index in [0.717, 1.165) is 0 Å². The Morgan fingerprint density at radius 3 is 1.91 bits per heavy atom. The zero-order valence-corrected chi connectivity index (χ0v) is 30.5. The van der Waals surface area contributed by atoms with Crippen LogP contribution in [0.3, 0.4) is 0 Å². The smallest absolute Gasteiger partial charge is 0.310 e. The predicted octanol–water partition coefficient (Wildman–Crippen LogP) is 4.62. The van der Waals surface area contributed by atoms with Crippen molar-refractivity contribution in [3.63, 3.8) is 0 Å². The normalized spacial score (nSPS) is 26.8. The van der Waals surface area contributed by atoms with Crippen molar-refractivity contribution >= 4 is 23.9 Å². The van der Waals surface area contributed by atoms with Gasteiger partial charge >= 0.3 is 23.9 Å². The van der Waals surface area contributed by atoms with E-state index in [-0.39, 0.29) is 56.5 Å². The third-order valence-electron chi connectivity index (χ3n) is 9.82. The number of phenols is 1. The standard InChI is InChI=1S/C38H46O15/c1-6-9-28(39)50-27-17-47-38(36(52-30(41)11-8-3)35(27)51-29(40)10-7-2)53-34-21-15-24-23(48-18-49-24)14-20(21)31(32-22(34)16-46-37(32)43)19-12-25(44-4)33(42)26(13-19)45-5/h12-15,22,27,31-32,34-36,38,42H,6-11,16-18H2,1-5H3/t22-,27+,31+,32-,34+,35-,36-,38+/m0/s1. The minimum atomic E-state index is -1.35. The molecule has 0 spiro atoms. The molecular formula is C38H46O15. The zero-order chi connectivity index (χ0) is 37.8. The molecule has 8 atom stereocenters. The Labute approximate surface area is 307 Å². The van der Waals surface area contributed by atoms with Crippen LogP contribution in [0.4, 0.5) is 0 Å². The number of fused-ring (bicyclic) bond motifs is 3. The first kappa shape index (κ1) is 38.0. The van der Waals surface area contributed by atoms with Gasteiger partial charge < -0.3 is 52.5 Å². The molecule has 3 aliphatic heterocycles. The van der Waals surface area contributed by atoms with Crippen LogP contribution >= 0.6 is 0 Å². The van der Waals surface area contributed by atoms with Gasteiger partial charge in [0.15, 0.2) is 47.6 Å². The number of carbonyl (C=O) groups excluding carboxylic acids is 4. The molecule has 0 aromatic heterocycles. The third-order valence-corrected chi connectivity index (χ3v) is 9.82. The molecule has 4 aliphatic rings. The Hall–Kier alpha value is -4.76. The van der Waals surface area contributed by atoms with Gasteiger partial charge in [-0.1, -0.05) is 20.8 Å². The van der Waals surface area contributed by atoms with E-state index >= 15 is 0 Å². The first-order chi connectivity index (χ1) is 25.6. The van der Waals surface area contributed by atoms with Gasteiger partial charge in [-0.3, -0.25) is 19.2 Å². The molecule has 0 amide bonds. The Kier molecular flexibility index (Phi) is 11.8. The van der Waals surface area contributed by atoms with Crippen LogP contribution in [-0.2, 0) is 47.6 Å². The summed E-state index contributed by atoms with van der Waals surface area (Å²) in [5.74, 6) is -3.22. The van der Waals surface area contributed by atoms with Gasteiger partial charge in [-0.2, -0.15) is 0 Å². The van der Waals surface area contributed by atoms with Gasteiger partial charge in [0.2, 0.25) is 12.5 Å². The minimum Gasteiger partial charge on any atom is -0.502 e. The van der Waals surface area contributed by atoms with E-state index in [9.17, 15) is 24.3 Å². The molecule has 1 aliphatic carbocycles. The fourth-order valence-corrected chi connectivity index (χ4v) is 7.41. The zero-order valence-electron chi connectivity index (χ0n) is 30.5. The number of methoxy groups -OCH3 is 2. The lowest BCUT2D eigenvalue weighted by molar-refractivity contribution is -0.298. The van der Waals surface area contributed by atoms with Crippen molar-refractivity contribution in [2.75, 3.05) is 34.2 Å². The van der Waals surface area contributed by atoms with Gasteiger partial charge in [-0.15, -0.1) is 0 Å². The second kappa shape index (κ2) is 16.5. The van der Waals surface area contributed by atoms with Crippen LogP contribution < -0.4 is 18.9 Å². The second-order valence-electron chi connectivity index (χ2n) is 13.4. The number of aromatic hydroxyl groups is 1. The molecule has 2 fully saturated rings. The van der Waals surface area contributed by atoms with Crippen LogP contribution in [0.1, 0.15) is 88.0 Å². The molecule has 53 heavy (non-hydrogen) atoms. The minimum absolute atomic E-state index is 0.0195. The maximum absolute atomic E-state index is 13.7. The molecule has 15 heteroatoms. The van der Waals surface area contributed by atoms with Crippen molar-refractivity contribution < 1.29 is 71.7 Å². The summed E-state index contributed by atoms with van der Waals surface area (Å²) in [4.78, 5) is 52.5. The summed E-state index contributed by atoms with van der Waals surface area (Å²) >= 11 is 0. The second-order valence-corrected chi connectivity index (χ2v) is 13.4. The molecule has 0 unspecified atom stereocenters. The van der Waals surface area contributed by atoms with Gasteiger partial charge in [0, 0.05) is 31.1 Å². The highest BCUT2D eigenvalue weighted by molar-refractivity contribution is 5.79. The molecule has 0 bridgehead atoms. The fraction of sp³-hybridized carbons (Fsp3) is 0.579. The Morgan fingerprint density at radius 2 is 1.32 bits per heavy atom. The number of carbonyl (C=O) groups is 4. The van der Waals surface area contributed by atoms with Crippen LogP contribution in [0.25, 0.3) is 0 Å². The Balaban J connectivity index is 1.44. The molecule has 3 heterocycles. The number of benzene rings is 2. The summed E-state index contributed by atoms with van der Waals surface area (Å²) in [5.41, 5.74) is 1.86. The van der Waals surface area contributed by atoms with Crippen molar-refractivity contribution in [2.24, 2.45) is 11.8 Å². The van der Waals surface area contributed by atoms with Crippen LogP contribution in [0, 0.1) is 11.8 Å².